The third kappa shape index (κ3) is 3.27. The first-order valence-corrected chi connectivity index (χ1v) is 7.62. The van der Waals surface area contributed by atoms with E-state index in [1.165, 1.54) is 0 Å². The molecule has 1 unspecified atom stereocenters. The van der Waals surface area contributed by atoms with Gasteiger partial charge in [-0.3, -0.25) is 4.79 Å². The molecule has 2 fully saturated rings. The molecule has 1 amide bonds. The Hall–Kier alpha value is -1.08. The lowest BCUT2D eigenvalue weighted by molar-refractivity contribution is -0.129. The molecule has 1 aliphatic carbocycles. The zero-order valence-corrected chi connectivity index (χ0v) is 12.0. The molecule has 0 radical (unpaired) electrons. The Balaban J connectivity index is 1.82. The minimum atomic E-state index is -0.735. The summed E-state index contributed by atoms with van der Waals surface area (Å²) in [5.41, 5.74) is -0.735. The molecule has 4 nitrogen and oxygen atoms in total. The standard InChI is InChI=1S/C15H25N3O/c1-2-18-9-6-13(11-18)10-17-14(19)15(12-16)7-4-3-5-8-15/h13H,2-11H2,1H3,(H,17,19). The van der Waals surface area contributed by atoms with E-state index in [0.29, 0.717) is 5.92 Å². The molecule has 1 saturated heterocycles. The zero-order chi connectivity index (χ0) is 13.7. The fraction of sp³-hybridized carbons (Fsp3) is 0.867. The Kier molecular flexibility index (Phi) is 4.81. The van der Waals surface area contributed by atoms with Crippen LogP contribution in [0.3, 0.4) is 0 Å². The van der Waals surface area contributed by atoms with E-state index in [1.54, 1.807) is 0 Å². The fourth-order valence-corrected chi connectivity index (χ4v) is 3.32. The van der Waals surface area contributed by atoms with Crippen molar-refractivity contribution in [1.29, 1.82) is 5.26 Å². The van der Waals surface area contributed by atoms with E-state index in [1.807, 2.05) is 0 Å². The van der Waals surface area contributed by atoms with E-state index in [4.69, 9.17) is 0 Å². The lowest BCUT2D eigenvalue weighted by atomic mass is 9.74. The second-order valence-corrected chi connectivity index (χ2v) is 6.01. The number of amides is 1. The highest BCUT2D eigenvalue weighted by Gasteiger charge is 2.39. The van der Waals surface area contributed by atoms with Crippen LogP contribution in [-0.4, -0.2) is 37.0 Å². The average Bonchev–Trinajstić information content (AvgIpc) is 2.93. The van der Waals surface area contributed by atoms with Crippen LogP contribution >= 0.6 is 0 Å². The minimum absolute atomic E-state index is 0.0235. The molecule has 4 heteroatoms. The molecular formula is C15H25N3O. The Labute approximate surface area is 116 Å². The molecule has 2 rings (SSSR count). The number of rotatable bonds is 4. The SMILES string of the molecule is CCN1CCC(CNC(=O)C2(C#N)CCCCC2)C1. The molecule has 0 bridgehead atoms. The van der Waals surface area contributed by atoms with Gasteiger partial charge < -0.3 is 10.2 Å². The maximum atomic E-state index is 12.3. The van der Waals surface area contributed by atoms with Crippen molar-refractivity contribution in [2.24, 2.45) is 11.3 Å². The van der Waals surface area contributed by atoms with Crippen LogP contribution in [-0.2, 0) is 4.79 Å². The molecule has 0 spiro atoms. The van der Waals surface area contributed by atoms with E-state index in [-0.39, 0.29) is 5.91 Å². The quantitative estimate of drug-likeness (QED) is 0.843. The van der Waals surface area contributed by atoms with Crippen LogP contribution < -0.4 is 5.32 Å². The number of nitriles is 1. The molecule has 0 aromatic carbocycles. The summed E-state index contributed by atoms with van der Waals surface area (Å²) in [5.74, 6) is 0.535. The molecule has 1 aliphatic heterocycles. The van der Waals surface area contributed by atoms with Crippen molar-refractivity contribution in [1.82, 2.24) is 10.2 Å². The molecule has 19 heavy (non-hydrogen) atoms. The second-order valence-electron chi connectivity index (χ2n) is 6.01. The number of nitrogens with one attached hydrogen (secondary N) is 1. The monoisotopic (exact) mass is 263 g/mol. The van der Waals surface area contributed by atoms with Crippen LogP contribution in [0.2, 0.25) is 0 Å². The van der Waals surface area contributed by atoms with E-state index in [2.05, 4.69) is 23.2 Å². The first-order valence-electron chi connectivity index (χ1n) is 7.62. The van der Waals surface area contributed by atoms with Crippen LogP contribution in [0.5, 0.6) is 0 Å². The third-order valence-corrected chi connectivity index (χ3v) is 4.72. The smallest absolute Gasteiger partial charge is 0.240 e. The highest BCUT2D eigenvalue weighted by Crippen LogP contribution is 2.35. The molecule has 2 aliphatic rings. The summed E-state index contributed by atoms with van der Waals surface area (Å²) in [6, 6.07) is 2.29. The molecule has 1 heterocycles. The summed E-state index contributed by atoms with van der Waals surface area (Å²) in [5, 5.41) is 12.4. The maximum absolute atomic E-state index is 12.3. The number of likely N-dealkylation sites (tertiary alicyclic amines) is 1. The van der Waals surface area contributed by atoms with Gasteiger partial charge in [0, 0.05) is 13.1 Å². The number of nitrogens with zero attached hydrogens (tertiary/aromatic N) is 2. The summed E-state index contributed by atoms with van der Waals surface area (Å²) in [6.45, 7) is 6.22. The topological polar surface area (TPSA) is 56.1 Å². The maximum Gasteiger partial charge on any atom is 0.240 e. The summed E-state index contributed by atoms with van der Waals surface area (Å²) in [7, 11) is 0. The predicted molar refractivity (Wildman–Crippen MR) is 74.4 cm³/mol. The number of carbonyl (C=O) groups excluding carboxylic acids is 1. The van der Waals surface area contributed by atoms with Gasteiger partial charge in [-0.1, -0.05) is 26.2 Å². The van der Waals surface area contributed by atoms with Crippen molar-refractivity contribution in [3.8, 4) is 6.07 Å². The van der Waals surface area contributed by atoms with Crippen molar-refractivity contribution in [3.05, 3.63) is 0 Å². The van der Waals surface area contributed by atoms with Gasteiger partial charge in [0.1, 0.15) is 5.41 Å². The number of carbonyl (C=O) groups is 1. The number of hydrogen-bond donors (Lipinski definition) is 1. The normalized spacial score (nSPS) is 26.8. The highest BCUT2D eigenvalue weighted by atomic mass is 16.2. The molecule has 1 saturated carbocycles. The van der Waals surface area contributed by atoms with Crippen molar-refractivity contribution < 1.29 is 4.79 Å². The van der Waals surface area contributed by atoms with Gasteiger partial charge in [-0.2, -0.15) is 5.26 Å². The third-order valence-electron chi connectivity index (χ3n) is 4.72. The molecule has 106 valence electrons. The van der Waals surface area contributed by atoms with Gasteiger partial charge in [0.05, 0.1) is 6.07 Å². The highest BCUT2D eigenvalue weighted by molar-refractivity contribution is 5.85. The van der Waals surface area contributed by atoms with Crippen LogP contribution in [0.25, 0.3) is 0 Å². The Morgan fingerprint density at radius 2 is 2.16 bits per heavy atom. The molecule has 1 N–H and O–H groups in total. The van der Waals surface area contributed by atoms with E-state index < -0.39 is 5.41 Å². The average molecular weight is 263 g/mol. The summed E-state index contributed by atoms with van der Waals surface area (Å²) in [4.78, 5) is 14.7. The van der Waals surface area contributed by atoms with Crippen LogP contribution in [0, 0.1) is 22.7 Å². The minimum Gasteiger partial charge on any atom is -0.354 e. The van der Waals surface area contributed by atoms with Gasteiger partial charge in [0.2, 0.25) is 5.91 Å². The van der Waals surface area contributed by atoms with Crippen LogP contribution in [0.4, 0.5) is 0 Å². The van der Waals surface area contributed by atoms with Gasteiger partial charge in [-0.25, -0.2) is 0 Å². The van der Waals surface area contributed by atoms with Gasteiger partial charge in [-0.15, -0.1) is 0 Å². The van der Waals surface area contributed by atoms with Crippen molar-refractivity contribution in [2.45, 2.75) is 45.4 Å². The lowest BCUT2D eigenvalue weighted by Gasteiger charge is -2.29. The summed E-state index contributed by atoms with van der Waals surface area (Å²) >= 11 is 0. The summed E-state index contributed by atoms with van der Waals surface area (Å²) in [6.07, 6.45) is 5.81. The van der Waals surface area contributed by atoms with Crippen molar-refractivity contribution in [2.75, 3.05) is 26.2 Å². The van der Waals surface area contributed by atoms with Gasteiger partial charge in [-0.05, 0) is 38.3 Å². The molecule has 0 aromatic heterocycles. The first-order chi connectivity index (χ1) is 9.20. The predicted octanol–water partition coefficient (Wildman–Crippen LogP) is 1.92. The molecular weight excluding hydrogens is 238 g/mol. The Morgan fingerprint density at radius 3 is 2.74 bits per heavy atom. The van der Waals surface area contributed by atoms with E-state index in [9.17, 15) is 10.1 Å². The van der Waals surface area contributed by atoms with Gasteiger partial charge in [0.25, 0.3) is 0 Å². The Morgan fingerprint density at radius 1 is 1.42 bits per heavy atom. The van der Waals surface area contributed by atoms with Crippen molar-refractivity contribution >= 4 is 5.91 Å². The lowest BCUT2D eigenvalue weighted by Crippen LogP contribution is -2.43. The van der Waals surface area contributed by atoms with Crippen molar-refractivity contribution in [3.63, 3.8) is 0 Å². The molecule has 1 atom stereocenters. The van der Waals surface area contributed by atoms with E-state index >= 15 is 0 Å². The van der Waals surface area contributed by atoms with Gasteiger partial charge >= 0.3 is 0 Å². The second kappa shape index (κ2) is 6.38. The van der Waals surface area contributed by atoms with Crippen LogP contribution in [0.1, 0.15) is 45.4 Å². The van der Waals surface area contributed by atoms with Crippen LogP contribution in [0.15, 0.2) is 0 Å². The van der Waals surface area contributed by atoms with E-state index in [0.717, 1.165) is 64.7 Å². The fourth-order valence-electron chi connectivity index (χ4n) is 3.32. The summed E-state index contributed by atoms with van der Waals surface area (Å²) < 4.78 is 0. The molecule has 0 aromatic rings. The van der Waals surface area contributed by atoms with Gasteiger partial charge in [0.15, 0.2) is 0 Å². The first kappa shape index (κ1) is 14.3. The number of hydrogen-bond acceptors (Lipinski definition) is 3. The Bertz CT molecular complexity index is 355. The largest absolute Gasteiger partial charge is 0.354 e. The zero-order valence-electron chi connectivity index (χ0n) is 12.0.